The Hall–Kier alpha value is -3.55. The molecule has 1 N–H and O–H groups in total. The van der Waals surface area contributed by atoms with Gasteiger partial charge in [-0.1, -0.05) is 25.5 Å². The molecular formula is C24H25F2NO5. The molecule has 2 aromatic carbocycles. The minimum Gasteiger partial charge on any atom is -0.490 e. The van der Waals surface area contributed by atoms with Crippen LogP contribution in [0.3, 0.4) is 0 Å². The van der Waals surface area contributed by atoms with Gasteiger partial charge >= 0.3 is 6.61 Å². The van der Waals surface area contributed by atoms with Gasteiger partial charge in [0.1, 0.15) is 18.1 Å². The van der Waals surface area contributed by atoms with Crippen LogP contribution in [0, 0.1) is 0 Å². The van der Waals surface area contributed by atoms with Gasteiger partial charge in [0.05, 0.1) is 6.61 Å². The number of aryl methyl sites for hydroxylation is 1. The third-order valence-electron chi connectivity index (χ3n) is 4.45. The number of alkyl halides is 2. The van der Waals surface area contributed by atoms with Crippen molar-refractivity contribution in [2.24, 2.45) is 0 Å². The lowest BCUT2D eigenvalue weighted by Gasteiger charge is -2.13. The van der Waals surface area contributed by atoms with E-state index >= 15 is 0 Å². The normalized spacial score (nSPS) is 10.8. The van der Waals surface area contributed by atoms with E-state index in [0.29, 0.717) is 17.2 Å². The first-order valence-electron chi connectivity index (χ1n) is 10.3. The molecule has 0 saturated carbocycles. The molecule has 0 unspecified atom stereocenters. The summed E-state index contributed by atoms with van der Waals surface area (Å²) in [4.78, 5) is 12.5. The zero-order valence-electron chi connectivity index (χ0n) is 17.9. The summed E-state index contributed by atoms with van der Waals surface area (Å²) in [6, 6.07) is 15.2. The van der Waals surface area contributed by atoms with Crippen molar-refractivity contribution in [3.63, 3.8) is 0 Å². The lowest BCUT2D eigenvalue weighted by molar-refractivity contribution is -0.0514. The van der Waals surface area contributed by atoms with Crippen molar-refractivity contribution in [3.8, 4) is 17.2 Å². The summed E-state index contributed by atoms with van der Waals surface area (Å²) < 4.78 is 46.1. The number of nitrogens with one attached hydrogen (secondary N) is 1. The van der Waals surface area contributed by atoms with E-state index in [1.807, 2.05) is 24.3 Å². The second kappa shape index (κ2) is 11.2. The molecule has 1 amide bonds. The van der Waals surface area contributed by atoms with Crippen LogP contribution < -0.4 is 19.5 Å². The van der Waals surface area contributed by atoms with E-state index in [1.165, 1.54) is 29.8 Å². The lowest BCUT2D eigenvalue weighted by atomic mass is 10.1. The third-order valence-corrected chi connectivity index (χ3v) is 4.45. The largest absolute Gasteiger partial charge is 0.490 e. The predicted molar refractivity (Wildman–Crippen MR) is 116 cm³/mol. The highest BCUT2D eigenvalue weighted by molar-refractivity contribution is 6.02. The van der Waals surface area contributed by atoms with Gasteiger partial charge in [0.25, 0.3) is 5.91 Å². The average Bonchev–Trinajstić information content (AvgIpc) is 3.24. The lowest BCUT2D eigenvalue weighted by Crippen LogP contribution is -2.11. The van der Waals surface area contributed by atoms with Crippen LogP contribution >= 0.6 is 0 Å². The van der Waals surface area contributed by atoms with Crippen molar-refractivity contribution in [3.05, 3.63) is 71.7 Å². The smallest absolute Gasteiger partial charge is 0.387 e. The molecule has 0 aliphatic carbocycles. The molecule has 0 atom stereocenters. The van der Waals surface area contributed by atoms with Crippen LogP contribution in [0.5, 0.6) is 17.2 Å². The van der Waals surface area contributed by atoms with Gasteiger partial charge in [0, 0.05) is 11.8 Å². The zero-order valence-corrected chi connectivity index (χ0v) is 17.9. The molecule has 32 heavy (non-hydrogen) atoms. The van der Waals surface area contributed by atoms with Crippen LogP contribution in [0.25, 0.3) is 0 Å². The molecule has 0 radical (unpaired) electrons. The maximum atomic E-state index is 12.5. The summed E-state index contributed by atoms with van der Waals surface area (Å²) in [6.45, 7) is 1.29. The third kappa shape index (κ3) is 6.47. The summed E-state index contributed by atoms with van der Waals surface area (Å²) in [6.07, 6.45) is 2.10. The highest BCUT2D eigenvalue weighted by Crippen LogP contribution is 2.32. The predicted octanol–water partition coefficient (Wildman–Crippen LogP) is 6.06. The molecule has 0 aliphatic rings. The van der Waals surface area contributed by atoms with E-state index in [-0.39, 0.29) is 30.5 Å². The van der Waals surface area contributed by atoms with Gasteiger partial charge in [-0.3, -0.25) is 4.79 Å². The van der Waals surface area contributed by atoms with E-state index in [1.54, 1.807) is 13.0 Å². The molecule has 0 aliphatic heterocycles. The van der Waals surface area contributed by atoms with Crippen molar-refractivity contribution >= 4 is 11.6 Å². The number of hydrogen-bond donors (Lipinski definition) is 1. The second-order valence-electron chi connectivity index (χ2n) is 6.88. The molecule has 0 fully saturated rings. The van der Waals surface area contributed by atoms with Gasteiger partial charge < -0.3 is 23.9 Å². The van der Waals surface area contributed by atoms with Crippen molar-refractivity contribution in [2.75, 3.05) is 11.9 Å². The van der Waals surface area contributed by atoms with Crippen LogP contribution in [-0.2, 0) is 13.0 Å². The Balaban J connectivity index is 1.59. The fourth-order valence-electron chi connectivity index (χ4n) is 3.01. The maximum Gasteiger partial charge on any atom is 0.387 e. The molecule has 8 heteroatoms. The van der Waals surface area contributed by atoms with Crippen molar-refractivity contribution in [1.82, 2.24) is 0 Å². The standard InChI is InChI=1S/C24H25F2NO5/c1-3-5-16-6-9-18(10-7-16)30-15-19-11-13-21(31-19)23(28)27-17-8-12-20(32-24(25)26)22(14-17)29-4-2/h6-14,24H,3-5,15H2,1-2H3,(H,27,28). The van der Waals surface area contributed by atoms with Gasteiger partial charge in [-0.25, -0.2) is 0 Å². The van der Waals surface area contributed by atoms with Gasteiger partial charge in [0.2, 0.25) is 0 Å². The van der Waals surface area contributed by atoms with Crippen LogP contribution in [0.15, 0.2) is 59.0 Å². The summed E-state index contributed by atoms with van der Waals surface area (Å²) in [5.41, 5.74) is 1.60. The molecule has 0 saturated heterocycles. The highest BCUT2D eigenvalue weighted by atomic mass is 19.3. The summed E-state index contributed by atoms with van der Waals surface area (Å²) >= 11 is 0. The molecule has 0 bridgehead atoms. The fourth-order valence-corrected chi connectivity index (χ4v) is 3.01. The molecule has 170 valence electrons. The molecule has 3 rings (SSSR count). The number of carbonyl (C=O) groups excluding carboxylic acids is 1. The van der Waals surface area contributed by atoms with Gasteiger partial charge in [-0.2, -0.15) is 8.78 Å². The zero-order chi connectivity index (χ0) is 22.9. The first-order chi connectivity index (χ1) is 15.5. The maximum absolute atomic E-state index is 12.5. The number of amides is 1. The van der Waals surface area contributed by atoms with Crippen molar-refractivity contribution < 1.29 is 32.2 Å². The summed E-state index contributed by atoms with van der Waals surface area (Å²) in [7, 11) is 0. The molecule has 3 aromatic rings. The molecule has 0 spiro atoms. The number of rotatable bonds is 11. The van der Waals surface area contributed by atoms with E-state index in [2.05, 4.69) is 17.0 Å². The summed E-state index contributed by atoms with van der Waals surface area (Å²) in [5.74, 6) is 0.785. The SMILES string of the molecule is CCCc1ccc(OCc2ccc(C(=O)Nc3ccc(OC(F)F)c(OCC)c3)o2)cc1. The summed E-state index contributed by atoms with van der Waals surface area (Å²) in [5, 5.41) is 2.65. The monoisotopic (exact) mass is 445 g/mol. The fraction of sp³-hybridized carbons (Fsp3) is 0.292. The molecule has 1 heterocycles. The first kappa shape index (κ1) is 23.1. The number of hydrogen-bond acceptors (Lipinski definition) is 5. The Kier molecular flexibility index (Phi) is 8.08. The van der Waals surface area contributed by atoms with E-state index in [4.69, 9.17) is 13.9 Å². The van der Waals surface area contributed by atoms with Crippen LogP contribution in [-0.4, -0.2) is 19.1 Å². The average molecular weight is 445 g/mol. The van der Waals surface area contributed by atoms with E-state index in [9.17, 15) is 13.6 Å². The molecular weight excluding hydrogens is 420 g/mol. The minimum absolute atomic E-state index is 0.0905. The van der Waals surface area contributed by atoms with Crippen molar-refractivity contribution in [2.45, 2.75) is 39.9 Å². The topological polar surface area (TPSA) is 69.9 Å². The van der Waals surface area contributed by atoms with Gasteiger partial charge in [0.15, 0.2) is 17.3 Å². The van der Waals surface area contributed by atoms with Crippen molar-refractivity contribution in [1.29, 1.82) is 0 Å². The first-order valence-corrected chi connectivity index (χ1v) is 10.3. The number of anilines is 1. The Morgan fingerprint density at radius 3 is 2.47 bits per heavy atom. The quantitative estimate of drug-likeness (QED) is 0.388. The van der Waals surface area contributed by atoms with Crippen LogP contribution in [0.2, 0.25) is 0 Å². The Morgan fingerprint density at radius 1 is 1.00 bits per heavy atom. The Bertz CT molecular complexity index is 1020. The number of halogens is 2. The second-order valence-corrected chi connectivity index (χ2v) is 6.88. The number of carbonyl (C=O) groups is 1. The van der Waals surface area contributed by atoms with E-state index < -0.39 is 12.5 Å². The molecule has 6 nitrogen and oxygen atoms in total. The molecule has 1 aromatic heterocycles. The van der Waals surface area contributed by atoms with Gasteiger partial charge in [-0.05, 0) is 55.3 Å². The minimum atomic E-state index is -2.98. The Labute approximate surface area is 185 Å². The van der Waals surface area contributed by atoms with Crippen LogP contribution in [0.4, 0.5) is 14.5 Å². The number of benzene rings is 2. The highest BCUT2D eigenvalue weighted by Gasteiger charge is 2.15. The van der Waals surface area contributed by atoms with Crippen LogP contribution in [0.1, 0.15) is 42.1 Å². The number of furan rings is 1. The number of ether oxygens (including phenoxy) is 3. The van der Waals surface area contributed by atoms with Gasteiger partial charge in [-0.15, -0.1) is 0 Å². The van der Waals surface area contributed by atoms with E-state index in [0.717, 1.165) is 12.8 Å². The Morgan fingerprint density at radius 2 is 1.78 bits per heavy atom.